The Balaban J connectivity index is 2.01. The number of methoxy groups -OCH3 is 3. The highest BCUT2D eigenvalue weighted by Gasteiger charge is 2.13. The fourth-order valence-electron chi connectivity index (χ4n) is 2.41. The first-order valence-corrected chi connectivity index (χ1v) is 7.69. The van der Waals surface area contributed by atoms with Crippen LogP contribution in [0.1, 0.15) is 15.9 Å². The van der Waals surface area contributed by atoms with E-state index in [2.05, 4.69) is 0 Å². The van der Waals surface area contributed by atoms with Crippen molar-refractivity contribution >= 4 is 5.91 Å². The van der Waals surface area contributed by atoms with Crippen molar-refractivity contribution in [2.75, 3.05) is 34.9 Å². The van der Waals surface area contributed by atoms with Crippen molar-refractivity contribution in [1.29, 1.82) is 0 Å². The van der Waals surface area contributed by atoms with E-state index in [1.54, 1.807) is 45.4 Å². The first kappa shape index (κ1) is 17.7. The number of nitrogens with zero attached hydrogens (tertiary/aromatic N) is 1. The predicted octanol–water partition coefficient (Wildman–Crippen LogP) is 3.03. The van der Waals surface area contributed by atoms with E-state index in [0.717, 1.165) is 12.0 Å². The Morgan fingerprint density at radius 2 is 1.71 bits per heavy atom. The molecule has 2 aromatic carbocycles. The van der Waals surface area contributed by atoms with E-state index in [1.165, 1.54) is 0 Å². The highest BCUT2D eigenvalue weighted by atomic mass is 16.5. The van der Waals surface area contributed by atoms with E-state index in [0.29, 0.717) is 29.4 Å². The molecular weight excluding hydrogens is 306 g/mol. The van der Waals surface area contributed by atoms with E-state index >= 15 is 0 Å². The number of benzene rings is 2. The van der Waals surface area contributed by atoms with Gasteiger partial charge in [0.15, 0.2) is 11.5 Å². The molecular formula is C19H23NO4. The highest BCUT2D eigenvalue weighted by molar-refractivity contribution is 5.94. The normalized spacial score (nSPS) is 10.2. The van der Waals surface area contributed by atoms with Gasteiger partial charge in [-0.3, -0.25) is 4.79 Å². The average Bonchev–Trinajstić information content (AvgIpc) is 2.65. The second-order valence-electron chi connectivity index (χ2n) is 5.40. The molecule has 1 amide bonds. The number of hydrogen-bond donors (Lipinski definition) is 0. The largest absolute Gasteiger partial charge is 0.497 e. The lowest BCUT2D eigenvalue weighted by Gasteiger charge is -2.18. The monoisotopic (exact) mass is 329 g/mol. The maximum Gasteiger partial charge on any atom is 0.253 e. The van der Waals surface area contributed by atoms with Crippen molar-refractivity contribution in [3.8, 4) is 17.2 Å². The quantitative estimate of drug-likeness (QED) is 0.783. The van der Waals surface area contributed by atoms with Crippen LogP contribution in [0.2, 0.25) is 0 Å². The zero-order chi connectivity index (χ0) is 17.5. The van der Waals surface area contributed by atoms with Crippen molar-refractivity contribution in [2.45, 2.75) is 6.42 Å². The van der Waals surface area contributed by atoms with E-state index < -0.39 is 0 Å². The third-order valence-electron chi connectivity index (χ3n) is 3.85. The molecule has 0 saturated carbocycles. The predicted molar refractivity (Wildman–Crippen MR) is 93.2 cm³/mol. The maximum atomic E-state index is 12.5. The summed E-state index contributed by atoms with van der Waals surface area (Å²) >= 11 is 0. The van der Waals surface area contributed by atoms with Gasteiger partial charge in [-0.2, -0.15) is 0 Å². The zero-order valence-corrected chi connectivity index (χ0v) is 14.5. The molecule has 24 heavy (non-hydrogen) atoms. The van der Waals surface area contributed by atoms with Gasteiger partial charge in [0.2, 0.25) is 0 Å². The summed E-state index contributed by atoms with van der Waals surface area (Å²) in [6.45, 7) is 0.603. The minimum absolute atomic E-state index is 0.0330. The van der Waals surface area contributed by atoms with Gasteiger partial charge in [-0.25, -0.2) is 0 Å². The van der Waals surface area contributed by atoms with Gasteiger partial charge in [0, 0.05) is 19.2 Å². The van der Waals surface area contributed by atoms with Crippen LogP contribution < -0.4 is 14.2 Å². The number of rotatable bonds is 7. The van der Waals surface area contributed by atoms with Crippen molar-refractivity contribution in [1.82, 2.24) is 4.90 Å². The van der Waals surface area contributed by atoms with Crippen molar-refractivity contribution in [2.24, 2.45) is 0 Å². The molecule has 5 nitrogen and oxygen atoms in total. The first-order chi connectivity index (χ1) is 11.6. The molecule has 0 spiro atoms. The van der Waals surface area contributed by atoms with Crippen LogP contribution in [-0.2, 0) is 6.42 Å². The average molecular weight is 329 g/mol. The lowest BCUT2D eigenvalue weighted by atomic mass is 10.1. The first-order valence-electron chi connectivity index (χ1n) is 7.69. The van der Waals surface area contributed by atoms with Crippen LogP contribution in [0.25, 0.3) is 0 Å². The standard InChI is InChI=1S/C19H23NO4/c1-20(19(21)15-6-5-7-16(13-15)22-2)11-10-14-8-9-17(23-3)18(12-14)24-4/h5-9,12-13H,10-11H2,1-4H3. The van der Waals surface area contributed by atoms with Gasteiger partial charge in [0.1, 0.15) is 5.75 Å². The molecule has 5 heteroatoms. The smallest absolute Gasteiger partial charge is 0.253 e. The van der Waals surface area contributed by atoms with Crippen molar-refractivity contribution in [3.05, 3.63) is 53.6 Å². The van der Waals surface area contributed by atoms with E-state index in [4.69, 9.17) is 14.2 Å². The molecule has 0 radical (unpaired) electrons. The second kappa shape index (κ2) is 8.24. The molecule has 0 aromatic heterocycles. The summed E-state index contributed by atoms with van der Waals surface area (Å²) in [6.07, 6.45) is 0.729. The van der Waals surface area contributed by atoms with Crippen LogP contribution >= 0.6 is 0 Å². The summed E-state index contributed by atoms with van der Waals surface area (Å²) in [5, 5.41) is 0. The molecule has 0 N–H and O–H groups in total. The lowest BCUT2D eigenvalue weighted by molar-refractivity contribution is 0.0796. The molecule has 0 aliphatic heterocycles. The SMILES string of the molecule is COc1cccc(C(=O)N(C)CCc2ccc(OC)c(OC)c2)c1. The Morgan fingerprint density at radius 1 is 0.958 bits per heavy atom. The third kappa shape index (κ3) is 4.19. The second-order valence-corrected chi connectivity index (χ2v) is 5.40. The van der Waals surface area contributed by atoms with Crippen molar-refractivity contribution in [3.63, 3.8) is 0 Å². The van der Waals surface area contributed by atoms with Crippen LogP contribution in [0, 0.1) is 0 Å². The summed E-state index contributed by atoms with van der Waals surface area (Å²) in [5.74, 6) is 2.03. The molecule has 2 aromatic rings. The van der Waals surface area contributed by atoms with Gasteiger partial charge in [-0.1, -0.05) is 12.1 Å². The van der Waals surface area contributed by atoms with Gasteiger partial charge in [0.25, 0.3) is 5.91 Å². The molecule has 0 unspecified atom stereocenters. The molecule has 0 heterocycles. The fraction of sp³-hybridized carbons (Fsp3) is 0.316. The highest BCUT2D eigenvalue weighted by Crippen LogP contribution is 2.27. The van der Waals surface area contributed by atoms with Gasteiger partial charge >= 0.3 is 0 Å². The molecule has 0 atom stereocenters. The summed E-state index contributed by atoms with van der Waals surface area (Å²) in [4.78, 5) is 14.2. The summed E-state index contributed by atoms with van der Waals surface area (Å²) in [5.41, 5.74) is 1.70. The van der Waals surface area contributed by atoms with Gasteiger partial charge < -0.3 is 19.1 Å². The molecule has 0 aliphatic rings. The fourth-order valence-corrected chi connectivity index (χ4v) is 2.41. The molecule has 128 valence electrons. The Labute approximate surface area is 142 Å². The van der Waals surface area contributed by atoms with E-state index in [9.17, 15) is 4.79 Å². The summed E-state index contributed by atoms with van der Waals surface area (Å²) in [6, 6.07) is 13.0. The molecule has 0 saturated heterocycles. The van der Waals surface area contributed by atoms with Crippen LogP contribution in [0.5, 0.6) is 17.2 Å². The molecule has 2 rings (SSSR count). The zero-order valence-electron chi connectivity index (χ0n) is 14.5. The van der Waals surface area contributed by atoms with Crippen LogP contribution in [-0.4, -0.2) is 45.7 Å². The summed E-state index contributed by atoms with van der Waals surface area (Å²) in [7, 11) is 6.60. The maximum absolute atomic E-state index is 12.5. The Morgan fingerprint density at radius 3 is 2.38 bits per heavy atom. The number of hydrogen-bond acceptors (Lipinski definition) is 4. The van der Waals surface area contributed by atoms with Crippen molar-refractivity contribution < 1.29 is 19.0 Å². The number of carbonyl (C=O) groups excluding carboxylic acids is 1. The van der Waals surface area contributed by atoms with E-state index in [1.807, 2.05) is 30.3 Å². The van der Waals surface area contributed by atoms with Gasteiger partial charge in [-0.15, -0.1) is 0 Å². The number of carbonyl (C=O) groups is 1. The van der Waals surface area contributed by atoms with Gasteiger partial charge in [0.05, 0.1) is 21.3 Å². The Kier molecular flexibility index (Phi) is 6.07. The van der Waals surface area contributed by atoms with Gasteiger partial charge in [-0.05, 0) is 42.3 Å². The van der Waals surface area contributed by atoms with Crippen LogP contribution in [0.4, 0.5) is 0 Å². The lowest BCUT2D eigenvalue weighted by Crippen LogP contribution is -2.28. The van der Waals surface area contributed by atoms with E-state index in [-0.39, 0.29) is 5.91 Å². The number of amides is 1. The third-order valence-corrected chi connectivity index (χ3v) is 3.85. The van der Waals surface area contributed by atoms with Crippen LogP contribution in [0.15, 0.2) is 42.5 Å². The Bertz CT molecular complexity index is 700. The molecule has 0 bridgehead atoms. The van der Waals surface area contributed by atoms with Crippen LogP contribution in [0.3, 0.4) is 0 Å². The number of likely N-dealkylation sites (N-methyl/N-ethyl adjacent to an activating group) is 1. The minimum atomic E-state index is -0.0330. The Hall–Kier alpha value is -2.69. The number of ether oxygens (including phenoxy) is 3. The molecule has 0 aliphatic carbocycles. The minimum Gasteiger partial charge on any atom is -0.497 e. The summed E-state index contributed by atoms with van der Waals surface area (Å²) < 4.78 is 15.7. The topological polar surface area (TPSA) is 48.0 Å². The molecule has 0 fully saturated rings.